The Bertz CT molecular complexity index is 572. The van der Waals surface area contributed by atoms with E-state index >= 15 is 0 Å². The molecule has 2 aromatic rings. The zero-order valence-electron chi connectivity index (χ0n) is 11.8. The number of aromatic nitrogens is 2. The highest BCUT2D eigenvalue weighted by Gasteiger charge is 2.13. The first kappa shape index (κ1) is 14.9. The molecule has 0 unspecified atom stereocenters. The number of nitrogens with one attached hydrogen (secondary N) is 2. The van der Waals surface area contributed by atoms with Gasteiger partial charge in [-0.2, -0.15) is 0 Å². The number of anilines is 1. The fourth-order valence-electron chi connectivity index (χ4n) is 1.85. The Morgan fingerprint density at radius 1 is 1.24 bits per heavy atom. The summed E-state index contributed by atoms with van der Waals surface area (Å²) in [7, 11) is 0. The summed E-state index contributed by atoms with van der Waals surface area (Å²) in [6.07, 6.45) is 3.86. The van der Waals surface area contributed by atoms with Crippen molar-refractivity contribution >= 4 is 11.7 Å². The number of aliphatic hydroxyl groups is 1. The Morgan fingerprint density at radius 2 is 1.90 bits per heavy atom. The maximum Gasteiger partial charge on any atom is 0.319 e. The SMILES string of the molecule is CCc1ncc(NC(=O)N[C@H](CO)c2ccccc2)cn1. The molecule has 0 saturated carbocycles. The number of benzene rings is 1. The second kappa shape index (κ2) is 7.35. The Balaban J connectivity index is 1.96. The number of rotatable bonds is 5. The van der Waals surface area contributed by atoms with Gasteiger partial charge < -0.3 is 15.7 Å². The number of carbonyl (C=O) groups is 1. The number of carbonyl (C=O) groups excluding carboxylic acids is 1. The van der Waals surface area contributed by atoms with E-state index in [0.717, 1.165) is 17.8 Å². The number of amides is 2. The normalized spacial score (nSPS) is 11.7. The maximum atomic E-state index is 11.9. The third-order valence-electron chi connectivity index (χ3n) is 2.97. The molecule has 2 amide bonds. The van der Waals surface area contributed by atoms with Crippen LogP contribution in [0.15, 0.2) is 42.7 Å². The van der Waals surface area contributed by atoms with Gasteiger partial charge in [0.05, 0.1) is 30.7 Å². The van der Waals surface area contributed by atoms with Crippen molar-refractivity contribution < 1.29 is 9.90 Å². The van der Waals surface area contributed by atoms with Gasteiger partial charge in [-0.3, -0.25) is 0 Å². The van der Waals surface area contributed by atoms with Crippen molar-refractivity contribution in [3.8, 4) is 0 Å². The number of nitrogens with zero attached hydrogens (tertiary/aromatic N) is 2. The first-order chi connectivity index (χ1) is 10.2. The van der Waals surface area contributed by atoms with E-state index < -0.39 is 12.1 Å². The van der Waals surface area contributed by atoms with E-state index in [1.54, 1.807) is 12.4 Å². The fraction of sp³-hybridized carbons (Fsp3) is 0.267. The van der Waals surface area contributed by atoms with E-state index in [9.17, 15) is 9.90 Å². The lowest BCUT2D eigenvalue weighted by atomic mass is 10.1. The van der Waals surface area contributed by atoms with Gasteiger partial charge >= 0.3 is 6.03 Å². The quantitative estimate of drug-likeness (QED) is 0.783. The van der Waals surface area contributed by atoms with Crippen LogP contribution in [0.5, 0.6) is 0 Å². The molecule has 0 aliphatic rings. The van der Waals surface area contributed by atoms with Gasteiger partial charge in [-0.1, -0.05) is 37.3 Å². The lowest BCUT2D eigenvalue weighted by Crippen LogP contribution is -2.34. The molecule has 1 heterocycles. The number of aryl methyl sites for hydroxylation is 1. The van der Waals surface area contributed by atoms with Crippen molar-refractivity contribution in [2.75, 3.05) is 11.9 Å². The molecule has 110 valence electrons. The third-order valence-corrected chi connectivity index (χ3v) is 2.97. The average Bonchev–Trinajstić information content (AvgIpc) is 2.54. The van der Waals surface area contributed by atoms with Gasteiger partial charge in [0.25, 0.3) is 0 Å². The van der Waals surface area contributed by atoms with Gasteiger partial charge in [-0.05, 0) is 5.56 Å². The molecule has 0 fully saturated rings. The molecule has 1 aromatic heterocycles. The molecule has 21 heavy (non-hydrogen) atoms. The fourth-order valence-corrected chi connectivity index (χ4v) is 1.85. The molecule has 3 N–H and O–H groups in total. The molecule has 0 saturated heterocycles. The van der Waals surface area contributed by atoms with Gasteiger partial charge in [0.15, 0.2) is 0 Å². The van der Waals surface area contributed by atoms with Crippen molar-refractivity contribution in [1.82, 2.24) is 15.3 Å². The van der Waals surface area contributed by atoms with Crippen molar-refractivity contribution in [3.05, 3.63) is 54.1 Å². The number of urea groups is 1. The van der Waals surface area contributed by atoms with Gasteiger partial charge in [-0.25, -0.2) is 14.8 Å². The molecule has 0 bridgehead atoms. The van der Waals surface area contributed by atoms with Crippen LogP contribution in [0.25, 0.3) is 0 Å². The first-order valence-electron chi connectivity index (χ1n) is 6.77. The summed E-state index contributed by atoms with van der Waals surface area (Å²) in [6.45, 7) is 1.78. The molecule has 0 aliphatic heterocycles. The summed E-state index contributed by atoms with van der Waals surface area (Å²) in [5.74, 6) is 0.721. The summed E-state index contributed by atoms with van der Waals surface area (Å²) < 4.78 is 0. The van der Waals surface area contributed by atoms with Gasteiger partial charge in [0.1, 0.15) is 5.82 Å². The van der Waals surface area contributed by atoms with Crippen LogP contribution in [0, 0.1) is 0 Å². The highest BCUT2D eigenvalue weighted by atomic mass is 16.3. The summed E-state index contributed by atoms with van der Waals surface area (Å²) in [4.78, 5) is 20.1. The Hall–Kier alpha value is -2.47. The number of hydrogen-bond donors (Lipinski definition) is 3. The molecular weight excluding hydrogens is 268 g/mol. The van der Waals surface area contributed by atoms with Crippen LogP contribution in [0.1, 0.15) is 24.4 Å². The summed E-state index contributed by atoms with van der Waals surface area (Å²) >= 11 is 0. The molecule has 1 atom stereocenters. The largest absolute Gasteiger partial charge is 0.394 e. The number of hydrogen-bond acceptors (Lipinski definition) is 4. The zero-order chi connectivity index (χ0) is 15.1. The molecule has 6 heteroatoms. The minimum Gasteiger partial charge on any atom is -0.394 e. The van der Waals surface area contributed by atoms with Gasteiger partial charge in [0, 0.05) is 6.42 Å². The smallest absolute Gasteiger partial charge is 0.319 e. The Labute approximate surface area is 123 Å². The Kier molecular flexibility index (Phi) is 5.22. The summed E-state index contributed by atoms with van der Waals surface area (Å²) in [5, 5.41) is 14.7. The van der Waals surface area contributed by atoms with Crippen LogP contribution in [0.2, 0.25) is 0 Å². The monoisotopic (exact) mass is 286 g/mol. The lowest BCUT2D eigenvalue weighted by Gasteiger charge is -2.17. The second-order valence-electron chi connectivity index (χ2n) is 4.49. The second-order valence-corrected chi connectivity index (χ2v) is 4.49. The lowest BCUT2D eigenvalue weighted by molar-refractivity contribution is 0.225. The van der Waals surface area contributed by atoms with Crippen LogP contribution in [0.4, 0.5) is 10.5 Å². The predicted molar refractivity (Wildman–Crippen MR) is 79.8 cm³/mol. The van der Waals surface area contributed by atoms with Gasteiger partial charge in [0.2, 0.25) is 0 Å². The van der Waals surface area contributed by atoms with E-state index in [-0.39, 0.29) is 6.61 Å². The van der Waals surface area contributed by atoms with Gasteiger partial charge in [-0.15, -0.1) is 0 Å². The molecule has 0 spiro atoms. The molecule has 0 radical (unpaired) electrons. The van der Waals surface area contributed by atoms with E-state index in [1.165, 1.54) is 0 Å². The maximum absolute atomic E-state index is 11.9. The van der Waals surface area contributed by atoms with Crippen molar-refractivity contribution in [1.29, 1.82) is 0 Å². The molecule has 2 rings (SSSR count). The van der Waals surface area contributed by atoms with Crippen molar-refractivity contribution in [2.45, 2.75) is 19.4 Å². The molecular formula is C15H18N4O2. The molecule has 1 aromatic carbocycles. The summed E-state index contributed by atoms with van der Waals surface area (Å²) in [5.41, 5.74) is 1.35. The first-order valence-corrected chi connectivity index (χ1v) is 6.77. The van der Waals surface area contributed by atoms with Crippen LogP contribution in [0.3, 0.4) is 0 Å². The Morgan fingerprint density at radius 3 is 2.48 bits per heavy atom. The van der Waals surface area contributed by atoms with E-state index in [2.05, 4.69) is 20.6 Å². The predicted octanol–water partition coefficient (Wildman–Crippen LogP) is 1.89. The zero-order valence-corrected chi connectivity index (χ0v) is 11.8. The van der Waals surface area contributed by atoms with Crippen LogP contribution in [-0.4, -0.2) is 27.7 Å². The van der Waals surface area contributed by atoms with Crippen LogP contribution < -0.4 is 10.6 Å². The van der Waals surface area contributed by atoms with Crippen LogP contribution in [-0.2, 0) is 6.42 Å². The molecule has 0 aliphatic carbocycles. The standard InChI is InChI=1S/C15H18N4O2/c1-2-14-16-8-12(9-17-14)18-15(21)19-13(10-20)11-6-4-3-5-7-11/h3-9,13,20H,2,10H2,1H3,(H2,18,19,21)/t13-/m1/s1. The summed E-state index contributed by atoms with van der Waals surface area (Å²) in [6, 6.07) is 8.42. The van der Waals surface area contributed by atoms with E-state index in [1.807, 2.05) is 37.3 Å². The minimum absolute atomic E-state index is 0.178. The van der Waals surface area contributed by atoms with Crippen molar-refractivity contribution in [2.24, 2.45) is 0 Å². The highest BCUT2D eigenvalue weighted by Crippen LogP contribution is 2.12. The number of aliphatic hydroxyl groups excluding tert-OH is 1. The van der Waals surface area contributed by atoms with E-state index in [0.29, 0.717) is 5.69 Å². The topological polar surface area (TPSA) is 87.1 Å². The van der Waals surface area contributed by atoms with E-state index in [4.69, 9.17) is 0 Å². The highest BCUT2D eigenvalue weighted by molar-refractivity contribution is 5.89. The van der Waals surface area contributed by atoms with Crippen molar-refractivity contribution in [3.63, 3.8) is 0 Å². The molecule has 6 nitrogen and oxygen atoms in total. The van der Waals surface area contributed by atoms with Crippen LogP contribution >= 0.6 is 0 Å². The third kappa shape index (κ3) is 4.25. The average molecular weight is 286 g/mol. The minimum atomic E-state index is -0.456.